The summed E-state index contributed by atoms with van der Waals surface area (Å²) in [4.78, 5) is 15.0. The van der Waals surface area contributed by atoms with Crippen molar-refractivity contribution in [3.8, 4) is 66.8 Å². The molecule has 0 saturated carbocycles. The Bertz CT molecular complexity index is 9220. The Morgan fingerprint density at radius 3 is 1.02 bits per heavy atom. The van der Waals surface area contributed by atoms with Crippen molar-refractivity contribution in [2.24, 2.45) is 0 Å². The zero-order valence-electron chi connectivity index (χ0n) is 82.5. The molecule has 0 radical (unpaired) electrons. The molecule has 29 rings (SSSR count). The van der Waals surface area contributed by atoms with Gasteiger partial charge in [-0.05, 0) is 332 Å². The third-order valence-electron chi connectivity index (χ3n) is 32.9. The molecule has 0 bridgehead atoms. The maximum atomic E-state index is 2.54. The molecule has 0 unspecified atom stereocenters. The van der Waals surface area contributed by atoms with E-state index in [2.05, 4.69) is 591 Å². The largest absolute Gasteiger partial charge is 0.310 e. The van der Waals surface area contributed by atoms with Gasteiger partial charge >= 0.3 is 0 Å². The minimum Gasteiger partial charge on any atom is -0.310 e. The smallest absolute Gasteiger partial charge is 0.0755 e. The van der Waals surface area contributed by atoms with Crippen LogP contribution in [0.5, 0.6) is 0 Å². The number of anilines is 18. The molecule has 148 heavy (non-hydrogen) atoms. The van der Waals surface area contributed by atoms with Crippen LogP contribution in [0.2, 0.25) is 0 Å². The van der Waals surface area contributed by atoms with Crippen molar-refractivity contribution in [2.45, 2.75) is 49.4 Å². The predicted octanol–water partition coefficient (Wildman–Crippen LogP) is 38.1. The standard InChI is InChI=1S/C142H100N6/c1-139(2)120-58-28-27-56-112(120)114-81-75-109(92-130(114)139)145(100-47-17-8-18-48-100)136-68-38-63-128-138(136)119-90-106(77-84-123(119)142(128)126-61-31-35-66-134(126)148(102-51-21-10-22-52-102)135-67-36-32-62-127(135)142)144(99-45-15-7-16-46-99)108-74-80-115-113-79-71-96(86-129(113)140(3,4)131(115)91-108)94-69-72-103(73-70-94)146(137-87-97-41-23-24-54-110(97)111-55-25-26-57-116(111)137)107-78-83-122-118(89-107)117-88-105(143(98-43-13-6-14-44-98)104-53-37-42-95(85-104)93-39-11-5-12-40-93)76-82-121(117)141(122)124-59-29-33-64-132(124)147(101-49-19-9-20-50-101)133-65-34-30-60-125(133)141/h5-92H,1-4H3. The van der Waals surface area contributed by atoms with Gasteiger partial charge < -0.3 is 29.4 Å². The number of hydrogen-bond donors (Lipinski definition) is 0. The van der Waals surface area contributed by atoms with Crippen LogP contribution in [0.1, 0.15) is 94.5 Å². The zero-order chi connectivity index (χ0) is 98.2. The van der Waals surface area contributed by atoms with Gasteiger partial charge in [-0.2, -0.15) is 0 Å². The fourth-order valence-corrected chi connectivity index (χ4v) is 26.5. The van der Waals surface area contributed by atoms with E-state index >= 15 is 0 Å². The Balaban J connectivity index is 0.568. The fraction of sp³-hybridized carbons (Fsp3) is 0.0563. The Morgan fingerprint density at radius 1 is 0.162 bits per heavy atom. The molecule has 0 saturated heterocycles. The van der Waals surface area contributed by atoms with Crippen LogP contribution in [0, 0.1) is 0 Å². The van der Waals surface area contributed by atoms with Gasteiger partial charge in [0.25, 0.3) is 0 Å². The third-order valence-corrected chi connectivity index (χ3v) is 32.9. The number of nitrogens with zero attached hydrogens (tertiary/aromatic N) is 6. The minimum absolute atomic E-state index is 0.231. The molecule has 6 nitrogen and oxygen atoms in total. The Labute approximate surface area is 863 Å². The molecule has 2 heterocycles. The predicted molar refractivity (Wildman–Crippen MR) is 617 cm³/mol. The van der Waals surface area contributed by atoms with E-state index in [9.17, 15) is 0 Å². The second-order valence-corrected chi connectivity index (χ2v) is 41.3. The van der Waals surface area contributed by atoms with Crippen molar-refractivity contribution in [1.29, 1.82) is 0 Å². The lowest BCUT2D eigenvalue weighted by Crippen LogP contribution is -2.36. The molecule has 0 fully saturated rings. The average Bonchev–Trinajstić information content (AvgIpc) is 1.04. The highest BCUT2D eigenvalue weighted by Crippen LogP contribution is 2.69. The molecular formula is C142H100N6. The average molecular weight is 1890 g/mol. The highest BCUT2D eigenvalue weighted by molar-refractivity contribution is 6.15. The normalized spacial score (nSPS) is 14.0. The van der Waals surface area contributed by atoms with Crippen molar-refractivity contribution in [2.75, 3.05) is 29.4 Å². The second kappa shape index (κ2) is 33.5. The molecule has 2 spiro atoms. The van der Waals surface area contributed by atoms with Crippen LogP contribution in [0.4, 0.5) is 102 Å². The molecule has 0 N–H and O–H groups in total. The summed E-state index contributed by atoms with van der Waals surface area (Å²) in [7, 11) is 0. The third kappa shape index (κ3) is 12.8. The van der Waals surface area contributed by atoms with E-state index in [0.29, 0.717) is 0 Å². The van der Waals surface area contributed by atoms with Gasteiger partial charge in [-0.15, -0.1) is 0 Å². The molecule has 0 atom stereocenters. The van der Waals surface area contributed by atoms with Crippen molar-refractivity contribution < 1.29 is 0 Å². The lowest BCUT2D eigenvalue weighted by Gasteiger charge is -2.45. The van der Waals surface area contributed by atoms with Crippen molar-refractivity contribution >= 4 is 124 Å². The van der Waals surface area contributed by atoms with Gasteiger partial charge in [0, 0.05) is 90.0 Å². The minimum atomic E-state index is -0.762. The van der Waals surface area contributed by atoms with Gasteiger partial charge in [0.15, 0.2) is 0 Å². The van der Waals surface area contributed by atoms with Gasteiger partial charge in [0.1, 0.15) is 0 Å². The number of benzene rings is 23. The summed E-state index contributed by atoms with van der Waals surface area (Å²) in [5.41, 5.74) is 47.1. The molecule has 23 aromatic rings. The van der Waals surface area contributed by atoms with E-state index in [0.717, 1.165) is 124 Å². The molecule has 0 aromatic heterocycles. The van der Waals surface area contributed by atoms with Gasteiger partial charge in [-0.25, -0.2) is 0 Å². The summed E-state index contributed by atoms with van der Waals surface area (Å²) in [6.45, 7) is 9.66. The maximum absolute atomic E-state index is 2.54. The van der Waals surface area contributed by atoms with E-state index in [1.807, 2.05) is 0 Å². The monoisotopic (exact) mass is 1890 g/mol. The van der Waals surface area contributed by atoms with Crippen molar-refractivity contribution in [1.82, 2.24) is 0 Å². The summed E-state index contributed by atoms with van der Waals surface area (Å²) < 4.78 is 0. The van der Waals surface area contributed by atoms with Gasteiger partial charge in [-0.3, -0.25) is 0 Å². The lowest BCUT2D eigenvalue weighted by atomic mass is 9.64. The van der Waals surface area contributed by atoms with Gasteiger partial charge in [0.05, 0.1) is 45.0 Å². The van der Waals surface area contributed by atoms with Crippen LogP contribution in [-0.4, -0.2) is 0 Å². The maximum Gasteiger partial charge on any atom is 0.0755 e. The Hall–Kier alpha value is -18.6. The van der Waals surface area contributed by atoms with Gasteiger partial charge in [0.2, 0.25) is 0 Å². The van der Waals surface area contributed by atoms with E-state index in [-0.39, 0.29) is 5.41 Å². The van der Waals surface area contributed by atoms with Crippen LogP contribution < -0.4 is 29.4 Å². The molecular weight excluding hydrogens is 1790 g/mol. The zero-order valence-corrected chi connectivity index (χ0v) is 82.5. The molecule has 23 aromatic carbocycles. The highest BCUT2D eigenvalue weighted by Gasteiger charge is 2.55. The van der Waals surface area contributed by atoms with E-state index < -0.39 is 16.2 Å². The quantitative estimate of drug-likeness (QED) is 0.0892. The van der Waals surface area contributed by atoms with E-state index in [4.69, 9.17) is 0 Å². The summed E-state index contributed by atoms with van der Waals surface area (Å²) in [5, 5.41) is 4.75. The van der Waals surface area contributed by atoms with Crippen LogP contribution in [0.25, 0.3) is 88.3 Å². The number of rotatable bonds is 16. The number of hydrogen-bond acceptors (Lipinski definition) is 6. The molecule has 6 aliphatic rings. The van der Waals surface area contributed by atoms with Gasteiger partial charge in [-0.1, -0.05) is 373 Å². The van der Waals surface area contributed by atoms with Crippen LogP contribution in [0.15, 0.2) is 534 Å². The highest BCUT2D eigenvalue weighted by atomic mass is 15.2. The van der Waals surface area contributed by atoms with Crippen LogP contribution in [0.3, 0.4) is 0 Å². The Morgan fingerprint density at radius 2 is 0.480 bits per heavy atom. The first-order valence-corrected chi connectivity index (χ1v) is 51.7. The molecule has 2 aliphatic heterocycles. The summed E-state index contributed by atoms with van der Waals surface area (Å²) in [6.07, 6.45) is 0. The molecule has 6 heteroatoms. The van der Waals surface area contributed by atoms with E-state index in [1.54, 1.807) is 0 Å². The van der Waals surface area contributed by atoms with E-state index in [1.165, 1.54) is 133 Å². The topological polar surface area (TPSA) is 19.4 Å². The van der Waals surface area contributed by atoms with Crippen LogP contribution in [-0.2, 0) is 21.7 Å². The summed E-state index contributed by atoms with van der Waals surface area (Å²) in [5.74, 6) is 0. The molecule has 0 amide bonds. The first-order valence-electron chi connectivity index (χ1n) is 51.7. The number of fused-ring (bicyclic) bond motifs is 27. The summed E-state index contributed by atoms with van der Waals surface area (Å²) >= 11 is 0. The van der Waals surface area contributed by atoms with Crippen molar-refractivity contribution in [3.63, 3.8) is 0 Å². The summed E-state index contributed by atoms with van der Waals surface area (Å²) in [6, 6.07) is 201. The fourth-order valence-electron chi connectivity index (χ4n) is 26.5. The second-order valence-electron chi connectivity index (χ2n) is 41.3. The molecule has 4 aliphatic carbocycles. The first-order chi connectivity index (χ1) is 72.9. The molecule has 698 valence electrons. The first kappa shape index (κ1) is 86.1. The van der Waals surface area contributed by atoms with Crippen LogP contribution >= 0.6 is 0 Å². The lowest BCUT2D eigenvalue weighted by molar-refractivity contribution is 0.660. The SMILES string of the molecule is CC1(C)c2cc(-c3ccc(N(c4ccc5c(c4)-c4cc(N(c6ccccc6)c6cccc(-c7ccccc7)c6)ccc4C54c5ccccc5N(c5ccccc5)c5ccccc54)c4cc5ccccc5c5ccccc45)cc3)ccc2-c2ccc(N(c3ccccc3)c3ccc4c(c3)-c3c(N(c5ccccc5)c5ccc6c(c5)C(C)(C)c5ccccc5-6)cccc3C43c4ccccc4N(c4ccccc4)c4ccccc43)cc21. The number of para-hydroxylation sites is 9. The Kier molecular flexibility index (Phi) is 19.5. The van der Waals surface area contributed by atoms with Crippen molar-refractivity contribution in [3.05, 3.63) is 601 Å².